The van der Waals surface area contributed by atoms with Crippen LogP contribution in [0.15, 0.2) is 24.3 Å². The molecule has 0 unspecified atom stereocenters. The molecule has 0 radical (unpaired) electrons. The molecule has 144 valence electrons. The fourth-order valence-electron chi connectivity index (χ4n) is 2.92. The third kappa shape index (κ3) is 4.64. The van der Waals surface area contributed by atoms with Crippen LogP contribution >= 0.6 is 46.9 Å². The highest BCUT2D eigenvalue weighted by Gasteiger charge is 2.35. The molecule has 1 N–H and O–H groups in total. The second kappa shape index (κ2) is 8.63. The summed E-state index contributed by atoms with van der Waals surface area (Å²) < 4.78 is 54.7. The van der Waals surface area contributed by atoms with E-state index in [9.17, 15) is 17.6 Å². The first-order chi connectivity index (χ1) is 11.8. The molecule has 0 saturated carbocycles. The molecule has 1 aliphatic rings. The molecule has 10 heteroatoms. The van der Waals surface area contributed by atoms with E-state index < -0.39 is 28.6 Å². The lowest BCUT2D eigenvalue weighted by Crippen LogP contribution is -2.45. The SMILES string of the molecule is Cl.Fc1c(Cl)cc(C(F)(F)F)cc1[C@@H](c1ccc(Cl)s1)N1CCNCC1. The normalized spacial score (nSPS) is 17.0. The van der Waals surface area contributed by atoms with Crippen molar-refractivity contribution in [2.24, 2.45) is 0 Å². The van der Waals surface area contributed by atoms with E-state index in [1.54, 1.807) is 12.1 Å². The monoisotopic (exact) mass is 448 g/mol. The Balaban J connectivity index is 0.00000243. The molecule has 26 heavy (non-hydrogen) atoms. The van der Waals surface area contributed by atoms with Gasteiger partial charge >= 0.3 is 6.18 Å². The molecule has 0 amide bonds. The van der Waals surface area contributed by atoms with E-state index in [2.05, 4.69) is 5.32 Å². The second-order valence-corrected chi connectivity index (χ2v) is 7.84. The van der Waals surface area contributed by atoms with Crippen LogP contribution in [-0.2, 0) is 6.18 Å². The molecule has 2 aromatic rings. The van der Waals surface area contributed by atoms with Crippen LogP contribution in [0.4, 0.5) is 17.6 Å². The minimum atomic E-state index is -4.60. The van der Waals surface area contributed by atoms with Gasteiger partial charge in [0.15, 0.2) is 0 Å². The van der Waals surface area contributed by atoms with Crippen molar-refractivity contribution in [3.05, 3.63) is 55.4 Å². The van der Waals surface area contributed by atoms with Crippen LogP contribution < -0.4 is 5.32 Å². The van der Waals surface area contributed by atoms with Gasteiger partial charge in [-0.2, -0.15) is 13.2 Å². The molecular formula is C16H15Cl3F4N2S. The maximum absolute atomic E-state index is 14.7. The number of rotatable bonds is 3. The Labute approximate surface area is 168 Å². The summed E-state index contributed by atoms with van der Waals surface area (Å²) in [6.07, 6.45) is -4.60. The summed E-state index contributed by atoms with van der Waals surface area (Å²) in [7, 11) is 0. The van der Waals surface area contributed by atoms with Crippen LogP contribution in [0.25, 0.3) is 0 Å². The van der Waals surface area contributed by atoms with Crippen molar-refractivity contribution in [1.29, 1.82) is 0 Å². The van der Waals surface area contributed by atoms with Crippen molar-refractivity contribution < 1.29 is 17.6 Å². The van der Waals surface area contributed by atoms with E-state index in [0.717, 1.165) is 6.07 Å². The predicted octanol–water partition coefficient (Wildman–Crippen LogP) is 5.63. The summed E-state index contributed by atoms with van der Waals surface area (Å²) in [6, 6.07) is 4.18. The zero-order chi connectivity index (χ0) is 18.2. The van der Waals surface area contributed by atoms with Crippen LogP contribution in [0.1, 0.15) is 22.0 Å². The van der Waals surface area contributed by atoms with E-state index in [1.807, 2.05) is 4.90 Å². The molecule has 2 nitrogen and oxygen atoms in total. The van der Waals surface area contributed by atoms with Crippen LogP contribution in [0.2, 0.25) is 9.36 Å². The minimum Gasteiger partial charge on any atom is -0.314 e. The topological polar surface area (TPSA) is 15.3 Å². The van der Waals surface area contributed by atoms with Crippen LogP contribution in [0.3, 0.4) is 0 Å². The lowest BCUT2D eigenvalue weighted by Gasteiger charge is -2.35. The van der Waals surface area contributed by atoms with Gasteiger partial charge in [-0.1, -0.05) is 23.2 Å². The van der Waals surface area contributed by atoms with E-state index in [4.69, 9.17) is 23.2 Å². The number of thiophene rings is 1. The van der Waals surface area contributed by atoms with Crippen molar-refractivity contribution in [1.82, 2.24) is 10.2 Å². The highest BCUT2D eigenvalue weighted by molar-refractivity contribution is 7.16. The first-order valence-electron chi connectivity index (χ1n) is 7.53. The molecule has 1 aromatic carbocycles. The number of nitrogens with one attached hydrogen (secondary N) is 1. The summed E-state index contributed by atoms with van der Waals surface area (Å²) in [6.45, 7) is 2.49. The smallest absolute Gasteiger partial charge is 0.314 e. The highest BCUT2D eigenvalue weighted by atomic mass is 35.5. The highest BCUT2D eigenvalue weighted by Crippen LogP contribution is 2.41. The van der Waals surface area contributed by atoms with Crippen molar-refractivity contribution >= 4 is 46.9 Å². The number of hydrogen-bond acceptors (Lipinski definition) is 3. The summed E-state index contributed by atoms with van der Waals surface area (Å²) in [5.41, 5.74) is -1.04. The van der Waals surface area contributed by atoms with Crippen LogP contribution in [-0.4, -0.2) is 31.1 Å². The Morgan fingerprint density at radius 2 is 1.77 bits per heavy atom. The van der Waals surface area contributed by atoms with Gasteiger partial charge in [0.25, 0.3) is 0 Å². The lowest BCUT2D eigenvalue weighted by atomic mass is 9.99. The molecule has 1 aliphatic heterocycles. The number of benzene rings is 1. The molecule has 3 rings (SSSR count). The van der Waals surface area contributed by atoms with Gasteiger partial charge in [-0.3, -0.25) is 4.90 Å². The van der Waals surface area contributed by atoms with Gasteiger partial charge in [0.1, 0.15) is 5.82 Å². The number of alkyl halides is 3. The number of piperazine rings is 1. The van der Waals surface area contributed by atoms with Gasteiger partial charge in [0.05, 0.1) is 21.0 Å². The first kappa shape index (κ1) is 21.7. The average molecular weight is 450 g/mol. The molecule has 2 heterocycles. The fraction of sp³-hybridized carbons (Fsp3) is 0.375. The average Bonchev–Trinajstić information content (AvgIpc) is 2.97. The van der Waals surface area contributed by atoms with Gasteiger partial charge in [-0.15, -0.1) is 23.7 Å². The lowest BCUT2D eigenvalue weighted by molar-refractivity contribution is -0.137. The summed E-state index contributed by atoms with van der Waals surface area (Å²) in [5.74, 6) is -0.831. The summed E-state index contributed by atoms with van der Waals surface area (Å²) in [5, 5.41) is 2.64. The number of halogens is 7. The van der Waals surface area contributed by atoms with Gasteiger partial charge in [0.2, 0.25) is 0 Å². The summed E-state index contributed by atoms with van der Waals surface area (Å²) >= 11 is 13.0. The molecular weight excluding hydrogens is 435 g/mol. The molecule has 1 aromatic heterocycles. The standard InChI is InChI=1S/C16H14Cl2F4N2S.ClH/c17-11-8-9(16(20,21)22)7-10(14(11)19)15(12-1-2-13(18)25-12)24-5-3-23-4-6-24;/h1-2,7-8,15,23H,3-6H2;1H/t15-;/m0./s1. The Morgan fingerprint density at radius 1 is 1.12 bits per heavy atom. The van der Waals surface area contributed by atoms with Crippen molar-refractivity contribution in [3.63, 3.8) is 0 Å². The second-order valence-electron chi connectivity index (χ2n) is 5.69. The third-order valence-corrected chi connectivity index (χ3v) is 5.62. The Kier molecular flexibility index (Phi) is 7.21. The predicted molar refractivity (Wildman–Crippen MR) is 99.3 cm³/mol. The summed E-state index contributed by atoms with van der Waals surface area (Å²) in [4.78, 5) is 2.62. The van der Waals surface area contributed by atoms with Crippen LogP contribution in [0.5, 0.6) is 0 Å². The van der Waals surface area contributed by atoms with Gasteiger partial charge in [-0.25, -0.2) is 4.39 Å². The first-order valence-corrected chi connectivity index (χ1v) is 9.11. The Hall–Kier alpha value is -0.570. The molecule has 1 atom stereocenters. The van der Waals surface area contributed by atoms with Gasteiger partial charge in [0, 0.05) is 36.6 Å². The van der Waals surface area contributed by atoms with Crippen molar-refractivity contribution in [3.8, 4) is 0 Å². The molecule has 1 fully saturated rings. The van der Waals surface area contributed by atoms with E-state index in [0.29, 0.717) is 41.5 Å². The number of hydrogen-bond donors (Lipinski definition) is 1. The minimum absolute atomic E-state index is 0. The maximum Gasteiger partial charge on any atom is 0.416 e. The molecule has 1 saturated heterocycles. The van der Waals surface area contributed by atoms with Crippen LogP contribution in [0, 0.1) is 5.82 Å². The van der Waals surface area contributed by atoms with Crippen molar-refractivity contribution in [2.75, 3.05) is 26.2 Å². The molecule has 0 spiro atoms. The zero-order valence-electron chi connectivity index (χ0n) is 13.2. The third-order valence-electron chi connectivity index (χ3n) is 4.06. The zero-order valence-corrected chi connectivity index (χ0v) is 16.4. The Bertz CT molecular complexity index is 760. The fourth-order valence-corrected chi connectivity index (χ4v) is 4.36. The quantitative estimate of drug-likeness (QED) is 0.611. The van der Waals surface area contributed by atoms with E-state index >= 15 is 0 Å². The van der Waals surface area contributed by atoms with Gasteiger partial charge < -0.3 is 5.32 Å². The molecule has 0 bridgehead atoms. The largest absolute Gasteiger partial charge is 0.416 e. The molecule has 0 aliphatic carbocycles. The maximum atomic E-state index is 14.7. The Morgan fingerprint density at radius 3 is 2.31 bits per heavy atom. The van der Waals surface area contributed by atoms with E-state index in [-0.39, 0.29) is 18.0 Å². The number of nitrogens with zero attached hydrogens (tertiary/aromatic N) is 1. The van der Waals surface area contributed by atoms with Crippen molar-refractivity contribution in [2.45, 2.75) is 12.2 Å². The van der Waals surface area contributed by atoms with Gasteiger partial charge in [-0.05, 0) is 24.3 Å². The van der Waals surface area contributed by atoms with E-state index in [1.165, 1.54) is 11.3 Å².